The predicted molar refractivity (Wildman–Crippen MR) is 149 cm³/mol. The van der Waals surface area contributed by atoms with Crippen molar-refractivity contribution in [3.63, 3.8) is 0 Å². The number of imidazole rings is 1. The van der Waals surface area contributed by atoms with Gasteiger partial charge in [0, 0.05) is 12.0 Å². The van der Waals surface area contributed by atoms with Crippen molar-refractivity contribution in [2.75, 3.05) is 6.79 Å². The molecule has 0 aliphatic carbocycles. The lowest BCUT2D eigenvalue weighted by molar-refractivity contribution is -0.0348. The molecule has 0 radical (unpaired) electrons. The van der Waals surface area contributed by atoms with Crippen LogP contribution in [0.25, 0.3) is 22.5 Å². The molecule has 4 aromatic rings. The van der Waals surface area contributed by atoms with Gasteiger partial charge >= 0.3 is 12.1 Å². The second kappa shape index (κ2) is 12.7. The number of nitrogens with one attached hydrogen (secondary N) is 2. The average Bonchev–Trinajstić information content (AvgIpc) is 3.61. The maximum atomic E-state index is 12.8. The molecule has 0 aliphatic rings. The fraction of sp³-hybridized carbons (Fsp3) is 0.379. The van der Waals surface area contributed by atoms with Gasteiger partial charge in [-0.1, -0.05) is 49.7 Å². The van der Waals surface area contributed by atoms with E-state index in [0.717, 1.165) is 39.8 Å². The van der Waals surface area contributed by atoms with Crippen LogP contribution in [0, 0.1) is 0 Å². The second-order valence-corrected chi connectivity index (χ2v) is 10.2. The highest BCUT2D eigenvalue weighted by Gasteiger charge is 2.28. The first kappa shape index (κ1) is 29.4. The number of aromatic amines is 2. The number of nitrogens with zero attached hydrogens (tertiary/aromatic N) is 4. The van der Waals surface area contributed by atoms with Crippen LogP contribution in [0.4, 0.5) is 4.79 Å². The highest BCUT2D eigenvalue weighted by Crippen LogP contribution is 2.40. The molecule has 0 bridgehead atoms. The van der Waals surface area contributed by atoms with E-state index in [9.17, 15) is 14.7 Å². The number of benzene rings is 2. The van der Waals surface area contributed by atoms with Crippen molar-refractivity contribution in [1.82, 2.24) is 30.6 Å². The van der Waals surface area contributed by atoms with Gasteiger partial charge in [0.1, 0.15) is 0 Å². The summed E-state index contributed by atoms with van der Waals surface area (Å²) in [5.41, 5.74) is 4.54. The normalized spacial score (nSPS) is 11.5. The minimum absolute atomic E-state index is 0.0737. The van der Waals surface area contributed by atoms with Gasteiger partial charge in [0.05, 0.1) is 23.7 Å². The van der Waals surface area contributed by atoms with Gasteiger partial charge in [0.15, 0.2) is 5.69 Å². The van der Waals surface area contributed by atoms with E-state index in [1.165, 1.54) is 6.33 Å². The van der Waals surface area contributed by atoms with Gasteiger partial charge in [0.25, 0.3) is 0 Å². The van der Waals surface area contributed by atoms with Gasteiger partial charge in [0.2, 0.25) is 12.6 Å². The molecule has 0 saturated heterocycles. The van der Waals surface area contributed by atoms with E-state index >= 15 is 0 Å². The van der Waals surface area contributed by atoms with Crippen LogP contribution in [0.2, 0.25) is 0 Å². The Morgan fingerprint density at radius 1 is 1.05 bits per heavy atom. The van der Waals surface area contributed by atoms with Crippen molar-refractivity contribution in [3.05, 3.63) is 70.8 Å². The Balaban J connectivity index is 1.69. The SMILES string of the molecule is CCCc1c(Cc2[nH]cnc2C(=O)OCOC(=O)OC(C)C)ccc(-c2ccccc2-c2nn[nH]n2)c1C(C)(C)O. The maximum absolute atomic E-state index is 12.8. The summed E-state index contributed by atoms with van der Waals surface area (Å²) < 4.78 is 14.7. The molecule has 0 amide bonds. The molecule has 3 N–H and O–H groups in total. The summed E-state index contributed by atoms with van der Waals surface area (Å²) in [6.45, 7) is 8.34. The number of ether oxygens (including phenoxy) is 3. The molecular weight excluding hydrogens is 528 g/mol. The Morgan fingerprint density at radius 3 is 2.46 bits per heavy atom. The lowest BCUT2D eigenvalue weighted by Gasteiger charge is -2.28. The Morgan fingerprint density at radius 2 is 1.80 bits per heavy atom. The van der Waals surface area contributed by atoms with E-state index in [4.69, 9.17) is 14.2 Å². The molecule has 0 spiro atoms. The third kappa shape index (κ3) is 6.95. The van der Waals surface area contributed by atoms with Gasteiger partial charge < -0.3 is 24.3 Å². The molecule has 0 atom stereocenters. The summed E-state index contributed by atoms with van der Waals surface area (Å²) in [5.74, 6) is -0.297. The average molecular weight is 563 g/mol. The molecule has 0 saturated carbocycles. The number of tetrazole rings is 1. The van der Waals surface area contributed by atoms with Crippen molar-refractivity contribution in [2.24, 2.45) is 0 Å². The zero-order valence-electron chi connectivity index (χ0n) is 23.7. The number of carbonyl (C=O) groups excluding carboxylic acids is 2. The zero-order valence-corrected chi connectivity index (χ0v) is 23.7. The molecule has 2 aromatic carbocycles. The first-order valence-electron chi connectivity index (χ1n) is 13.3. The maximum Gasteiger partial charge on any atom is 0.511 e. The Bertz CT molecular complexity index is 1490. The number of carbonyl (C=O) groups is 2. The summed E-state index contributed by atoms with van der Waals surface area (Å²) in [4.78, 5) is 31.5. The van der Waals surface area contributed by atoms with E-state index < -0.39 is 24.5 Å². The highest BCUT2D eigenvalue weighted by molar-refractivity contribution is 5.89. The Kier molecular flexibility index (Phi) is 9.13. The van der Waals surface area contributed by atoms with Gasteiger partial charge in [-0.05, 0) is 67.1 Å². The van der Waals surface area contributed by atoms with Gasteiger partial charge in [-0.2, -0.15) is 5.21 Å². The minimum Gasteiger partial charge on any atom is -0.431 e. The number of aliphatic hydroxyl groups is 1. The van der Waals surface area contributed by atoms with Crippen LogP contribution in [0.15, 0.2) is 42.7 Å². The van der Waals surface area contributed by atoms with Gasteiger partial charge in [-0.15, -0.1) is 10.2 Å². The standard InChI is InChI=1S/C29H34N6O6/c1-6-9-19-18(14-23-25(31-15-30-23)27(36)39-16-40-28(37)41-17(2)3)12-13-21(24(19)29(4,5)38)20-10-7-8-11-22(20)26-32-34-35-33-26/h7-8,10-13,15,17,38H,6,9,14,16H2,1-5H3,(H,30,31)(H,32,33,34,35). The topological polar surface area (TPSA) is 165 Å². The first-order valence-corrected chi connectivity index (χ1v) is 13.3. The molecule has 12 heteroatoms. The Hall–Kier alpha value is -4.58. The summed E-state index contributed by atoms with van der Waals surface area (Å²) in [7, 11) is 0. The minimum atomic E-state index is -1.20. The van der Waals surface area contributed by atoms with E-state index in [1.54, 1.807) is 27.7 Å². The number of aromatic nitrogens is 6. The van der Waals surface area contributed by atoms with E-state index in [0.29, 0.717) is 24.4 Å². The molecular formula is C29H34N6O6. The van der Waals surface area contributed by atoms with Crippen molar-refractivity contribution in [1.29, 1.82) is 0 Å². The molecule has 0 unspecified atom stereocenters. The van der Waals surface area contributed by atoms with Crippen molar-refractivity contribution in [2.45, 2.75) is 65.6 Å². The Labute approximate surface area is 237 Å². The number of esters is 1. The van der Waals surface area contributed by atoms with E-state index in [2.05, 4.69) is 37.5 Å². The summed E-state index contributed by atoms with van der Waals surface area (Å²) >= 11 is 0. The molecule has 41 heavy (non-hydrogen) atoms. The molecule has 12 nitrogen and oxygen atoms in total. The van der Waals surface area contributed by atoms with E-state index in [-0.39, 0.29) is 11.8 Å². The molecule has 4 rings (SSSR count). The number of hydrogen-bond donors (Lipinski definition) is 3. The first-order chi connectivity index (χ1) is 19.6. The van der Waals surface area contributed by atoms with Crippen LogP contribution in [0.5, 0.6) is 0 Å². The van der Waals surface area contributed by atoms with Crippen molar-refractivity contribution >= 4 is 12.1 Å². The monoisotopic (exact) mass is 562 g/mol. The largest absolute Gasteiger partial charge is 0.511 e. The van der Waals surface area contributed by atoms with E-state index in [1.807, 2.05) is 36.4 Å². The predicted octanol–water partition coefficient (Wildman–Crippen LogP) is 4.70. The van der Waals surface area contributed by atoms with Gasteiger partial charge in [-0.25, -0.2) is 14.6 Å². The van der Waals surface area contributed by atoms with Crippen LogP contribution in [0.1, 0.15) is 73.9 Å². The molecule has 2 aromatic heterocycles. The summed E-state index contributed by atoms with van der Waals surface area (Å²) in [6, 6.07) is 11.7. The zero-order chi connectivity index (χ0) is 29.6. The van der Waals surface area contributed by atoms with Crippen molar-refractivity contribution in [3.8, 4) is 22.5 Å². The van der Waals surface area contributed by atoms with Crippen molar-refractivity contribution < 1.29 is 28.9 Å². The number of H-pyrrole nitrogens is 2. The lowest BCUT2D eigenvalue weighted by atomic mass is 9.80. The summed E-state index contributed by atoms with van der Waals surface area (Å²) in [5, 5.41) is 26.0. The summed E-state index contributed by atoms with van der Waals surface area (Å²) in [6.07, 6.45) is 1.96. The lowest BCUT2D eigenvalue weighted by Crippen LogP contribution is -2.21. The van der Waals surface area contributed by atoms with Crippen LogP contribution < -0.4 is 0 Å². The third-order valence-electron chi connectivity index (χ3n) is 6.30. The quantitative estimate of drug-likeness (QED) is 0.172. The molecule has 0 fully saturated rings. The van der Waals surface area contributed by atoms with Crippen LogP contribution in [0.3, 0.4) is 0 Å². The third-order valence-corrected chi connectivity index (χ3v) is 6.30. The fourth-order valence-electron chi connectivity index (χ4n) is 4.75. The smallest absolute Gasteiger partial charge is 0.431 e. The van der Waals surface area contributed by atoms with Crippen LogP contribution in [-0.4, -0.2) is 60.7 Å². The number of hydrogen-bond acceptors (Lipinski definition) is 10. The van der Waals surface area contributed by atoms with Gasteiger partial charge in [-0.3, -0.25) is 0 Å². The fourth-order valence-corrected chi connectivity index (χ4v) is 4.75. The second-order valence-electron chi connectivity index (χ2n) is 10.2. The number of rotatable bonds is 11. The van der Waals surface area contributed by atoms with Crippen LogP contribution >= 0.6 is 0 Å². The highest BCUT2D eigenvalue weighted by atomic mass is 16.8. The molecule has 2 heterocycles. The molecule has 216 valence electrons. The van der Waals surface area contributed by atoms with Crippen LogP contribution in [-0.2, 0) is 32.7 Å². The molecule has 0 aliphatic heterocycles.